The summed E-state index contributed by atoms with van der Waals surface area (Å²) in [4.78, 5) is 4.43. The Hall–Kier alpha value is -0.890. The van der Waals surface area contributed by atoms with E-state index in [2.05, 4.69) is 31.0 Å². The third-order valence-electron chi connectivity index (χ3n) is 2.10. The molecular formula is C11H18N2. The SMILES string of the molecule is CCC[C@@H](N)c1cc(C)cc(C)n1. The molecule has 0 aliphatic rings. The van der Waals surface area contributed by atoms with Crippen LogP contribution in [-0.2, 0) is 0 Å². The minimum absolute atomic E-state index is 0.101. The first-order valence-corrected chi connectivity index (χ1v) is 4.84. The predicted octanol–water partition coefficient (Wildman–Crippen LogP) is 2.50. The summed E-state index contributed by atoms with van der Waals surface area (Å²) in [6.45, 7) is 6.23. The highest BCUT2D eigenvalue weighted by molar-refractivity contribution is 5.21. The molecule has 1 atom stereocenters. The van der Waals surface area contributed by atoms with Crippen LogP contribution in [0.5, 0.6) is 0 Å². The van der Waals surface area contributed by atoms with Crippen LogP contribution in [0.4, 0.5) is 0 Å². The molecule has 1 heterocycles. The molecule has 2 heteroatoms. The van der Waals surface area contributed by atoms with Crippen molar-refractivity contribution in [1.29, 1.82) is 0 Å². The molecule has 0 aliphatic heterocycles. The summed E-state index contributed by atoms with van der Waals surface area (Å²) in [5.41, 5.74) is 9.31. The Balaban J connectivity index is 2.87. The maximum atomic E-state index is 5.98. The number of hydrogen-bond donors (Lipinski definition) is 1. The van der Waals surface area contributed by atoms with Crippen LogP contribution in [0, 0.1) is 13.8 Å². The van der Waals surface area contributed by atoms with Crippen LogP contribution in [0.1, 0.15) is 42.8 Å². The molecule has 0 saturated heterocycles. The van der Waals surface area contributed by atoms with Gasteiger partial charge in [0.05, 0.1) is 5.69 Å². The average molecular weight is 178 g/mol. The fourth-order valence-electron chi connectivity index (χ4n) is 1.52. The molecular weight excluding hydrogens is 160 g/mol. The van der Waals surface area contributed by atoms with E-state index >= 15 is 0 Å². The van der Waals surface area contributed by atoms with E-state index < -0.39 is 0 Å². The maximum absolute atomic E-state index is 5.98. The first-order valence-electron chi connectivity index (χ1n) is 4.84. The predicted molar refractivity (Wildman–Crippen MR) is 55.5 cm³/mol. The highest BCUT2D eigenvalue weighted by Crippen LogP contribution is 2.15. The lowest BCUT2D eigenvalue weighted by atomic mass is 10.1. The van der Waals surface area contributed by atoms with Crippen molar-refractivity contribution in [3.05, 3.63) is 29.1 Å². The Morgan fingerprint density at radius 2 is 2.08 bits per heavy atom. The Labute approximate surface area is 80.2 Å². The largest absolute Gasteiger partial charge is 0.323 e. The molecule has 0 radical (unpaired) electrons. The van der Waals surface area contributed by atoms with E-state index in [1.165, 1.54) is 5.56 Å². The summed E-state index contributed by atoms with van der Waals surface area (Å²) >= 11 is 0. The van der Waals surface area contributed by atoms with Crippen molar-refractivity contribution >= 4 is 0 Å². The molecule has 1 aromatic rings. The van der Waals surface area contributed by atoms with Gasteiger partial charge in [-0.1, -0.05) is 13.3 Å². The van der Waals surface area contributed by atoms with Crippen molar-refractivity contribution in [2.45, 2.75) is 39.7 Å². The third-order valence-corrected chi connectivity index (χ3v) is 2.10. The summed E-state index contributed by atoms with van der Waals surface area (Å²) in [7, 11) is 0. The van der Waals surface area contributed by atoms with Crippen LogP contribution in [0.25, 0.3) is 0 Å². The lowest BCUT2D eigenvalue weighted by molar-refractivity contribution is 0.619. The van der Waals surface area contributed by atoms with Gasteiger partial charge in [0.1, 0.15) is 0 Å². The molecule has 0 fully saturated rings. The van der Waals surface area contributed by atoms with Gasteiger partial charge in [0, 0.05) is 11.7 Å². The first kappa shape index (κ1) is 10.2. The number of aryl methyl sites for hydroxylation is 2. The van der Waals surface area contributed by atoms with Crippen molar-refractivity contribution in [3.8, 4) is 0 Å². The van der Waals surface area contributed by atoms with Crippen LogP contribution in [0.15, 0.2) is 12.1 Å². The standard InChI is InChI=1S/C11H18N2/c1-4-5-10(12)11-7-8(2)6-9(3)13-11/h6-7,10H,4-5,12H2,1-3H3/t10-/m1/s1. The van der Waals surface area contributed by atoms with Gasteiger partial charge in [-0.15, -0.1) is 0 Å². The third kappa shape index (κ3) is 2.81. The molecule has 13 heavy (non-hydrogen) atoms. The van der Waals surface area contributed by atoms with Gasteiger partial charge < -0.3 is 5.73 Å². The van der Waals surface area contributed by atoms with Crippen LogP contribution in [0.3, 0.4) is 0 Å². The molecule has 0 saturated carbocycles. The Kier molecular flexibility index (Phi) is 3.43. The van der Waals surface area contributed by atoms with Crippen LogP contribution < -0.4 is 5.73 Å². The van der Waals surface area contributed by atoms with E-state index in [4.69, 9.17) is 5.73 Å². The van der Waals surface area contributed by atoms with Crippen LogP contribution >= 0.6 is 0 Å². The summed E-state index contributed by atoms with van der Waals surface area (Å²) in [6, 6.07) is 4.25. The zero-order valence-corrected chi connectivity index (χ0v) is 8.67. The smallest absolute Gasteiger partial charge is 0.0576 e. The van der Waals surface area contributed by atoms with Gasteiger partial charge in [-0.2, -0.15) is 0 Å². The number of pyridine rings is 1. The second kappa shape index (κ2) is 4.38. The monoisotopic (exact) mass is 178 g/mol. The number of nitrogens with zero attached hydrogens (tertiary/aromatic N) is 1. The highest BCUT2D eigenvalue weighted by Gasteiger charge is 2.06. The topological polar surface area (TPSA) is 38.9 Å². The van der Waals surface area contributed by atoms with E-state index in [0.717, 1.165) is 24.2 Å². The van der Waals surface area contributed by atoms with Gasteiger partial charge in [-0.05, 0) is 38.0 Å². The summed E-state index contributed by atoms with van der Waals surface area (Å²) < 4.78 is 0. The highest BCUT2D eigenvalue weighted by atomic mass is 14.8. The molecule has 1 aromatic heterocycles. The molecule has 0 spiro atoms. The quantitative estimate of drug-likeness (QED) is 0.772. The minimum atomic E-state index is 0.101. The average Bonchev–Trinajstić information content (AvgIpc) is 2.03. The van der Waals surface area contributed by atoms with Crippen molar-refractivity contribution in [3.63, 3.8) is 0 Å². The maximum Gasteiger partial charge on any atom is 0.0576 e. The van der Waals surface area contributed by atoms with E-state index in [9.17, 15) is 0 Å². The number of hydrogen-bond acceptors (Lipinski definition) is 2. The normalized spacial score (nSPS) is 12.9. The number of nitrogens with two attached hydrogens (primary N) is 1. The Morgan fingerprint density at radius 1 is 1.38 bits per heavy atom. The first-order chi connectivity index (χ1) is 6.13. The lowest BCUT2D eigenvalue weighted by Gasteiger charge is -2.11. The fraction of sp³-hybridized carbons (Fsp3) is 0.545. The van der Waals surface area contributed by atoms with Gasteiger partial charge in [-0.3, -0.25) is 4.98 Å². The van der Waals surface area contributed by atoms with E-state index in [1.54, 1.807) is 0 Å². The van der Waals surface area contributed by atoms with Gasteiger partial charge in [0.25, 0.3) is 0 Å². The molecule has 72 valence electrons. The molecule has 0 unspecified atom stereocenters. The van der Waals surface area contributed by atoms with Crippen LogP contribution in [-0.4, -0.2) is 4.98 Å². The van der Waals surface area contributed by atoms with Gasteiger partial charge in [0.2, 0.25) is 0 Å². The van der Waals surface area contributed by atoms with E-state index in [-0.39, 0.29) is 6.04 Å². The molecule has 0 amide bonds. The van der Waals surface area contributed by atoms with Crippen molar-refractivity contribution in [1.82, 2.24) is 4.98 Å². The Bertz CT molecular complexity index is 261. The summed E-state index contributed by atoms with van der Waals surface area (Å²) in [5.74, 6) is 0. The van der Waals surface area contributed by atoms with E-state index in [1.807, 2.05) is 6.92 Å². The molecule has 2 nitrogen and oxygen atoms in total. The second-order valence-electron chi connectivity index (χ2n) is 3.61. The van der Waals surface area contributed by atoms with Crippen molar-refractivity contribution < 1.29 is 0 Å². The summed E-state index contributed by atoms with van der Waals surface area (Å²) in [5, 5.41) is 0. The lowest BCUT2D eigenvalue weighted by Crippen LogP contribution is -2.12. The van der Waals surface area contributed by atoms with Crippen LogP contribution in [0.2, 0.25) is 0 Å². The van der Waals surface area contributed by atoms with Gasteiger partial charge >= 0.3 is 0 Å². The number of aromatic nitrogens is 1. The van der Waals surface area contributed by atoms with Crippen molar-refractivity contribution in [2.24, 2.45) is 5.73 Å². The fourth-order valence-corrected chi connectivity index (χ4v) is 1.52. The van der Waals surface area contributed by atoms with E-state index in [0.29, 0.717) is 0 Å². The number of rotatable bonds is 3. The zero-order valence-electron chi connectivity index (χ0n) is 8.67. The molecule has 0 aromatic carbocycles. The molecule has 2 N–H and O–H groups in total. The molecule has 0 aliphatic carbocycles. The summed E-state index contributed by atoms with van der Waals surface area (Å²) in [6.07, 6.45) is 2.12. The minimum Gasteiger partial charge on any atom is -0.323 e. The van der Waals surface area contributed by atoms with Gasteiger partial charge in [0.15, 0.2) is 0 Å². The second-order valence-corrected chi connectivity index (χ2v) is 3.61. The van der Waals surface area contributed by atoms with Gasteiger partial charge in [-0.25, -0.2) is 0 Å². The zero-order chi connectivity index (χ0) is 9.84. The molecule has 0 bridgehead atoms. The van der Waals surface area contributed by atoms with Crippen molar-refractivity contribution in [2.75, 3.05) is 0 Å². The molecule has 1 rings (SSSR count). The Morgan fingerprint density at radius 3 is 2.62 bits per heavy atom.